The van der Waals surface area contributed by atoms with Crippen LogP contribution in [-0.2, 0) is 6.42 Å². The summed E-state index contributed by atoms with van der Waals surface area (Å²) in [7, 11) is 0. The number of hydrogen-bond acceptors (Lipinski definition) is 3. The molecule has 1 atom stereocenters. The van der Waals surface area contributed by atoms with Gasteiger partial charge in [0.1, 0.15) is 11.6 Å². The van der Waals surface area contributed by atoms with Crippen molar-refractivity contribution in [3.05, 3.63) is 30.4 Å². The largest absolute Gasteiger partial charge is 0.506 e. The molecule has 1 aliphatic rings. The average Bonchev–Trinajstić information content (AvgIpc) is 2.97. The van der Waals surface area contributed by atoms with Gasteiger partial charge in [0.25, 0.3) is 0 Å². The first-order valence-electron chi connectivity index (χ1n) is 7.06. The Hall–Kier alpha value is -1.55. The third-order valence-electron chi connectivity index (χ3n) is 4.09. The minimum Gasteiger partial charge on any atom is -0.506 e. The van der Waals surface area contributed by atoms with Crippen molar-refractivity contribution in [2.75, 3.05) is 6.54 Å². The normalized spacial score (nSPS) is 20.7. The zero-order valence-electron chi connectivity index (χ0n) is 11.6. The molecule has 0 aliphatic carbocycles. The Balaban J connectivity index is 1.87. The Bertz CT molecular complexity index is 576. The second kappa shape index (κ2) is 4.85. The van der Waals surface area contributed by atoms with Crippen molar-refractivity contribution in [2.24, 2.45) is 0 Å². The molecule has 1 N–H and O–H groups in total. The summed E-state index contributed by atoms with van der Waals surface area (Å²) in [6.07, 6.45) is 7.11. The van der Waals surface area contributed by atoms with E-state index >= 15 is 0 Å². The molecule has 0 radical (unpaired) electrons. The molecule has 0 spiro atoms. The Morgan fingerprint density at radius 1 is 1.42 bits per heavy atom. The van der Waals surface area contributed by atoms with Crippen LogP contribution in [0.3, 0.4) is 0 Å². The first-order chi connectivity index (χ1) is 9.15. The molecular weight excluding hydrogens is 238 g/mol. The van der Waals surface area contributed by atoms with Crippen molar-refractivity contribution in [1.29, 1.82) is 0 Å². The number of nitrogens with zero attached hydrogens (tertiary/aromatic N) is 3. The fourth-order valence-electron chi connectivity index (χ4n) is 3.15. The third-order valence-corrected chi connectivity index (χ3v) is 4.09. The summed E-state index contributed by atoms with van der Waals surface area (Å²) < 4.78 is 2.01. The topological polar surface area (TPSA) is 40.8 Å². The first-order valence-corrected chi connectivity index (χ1v) is 7.06. The van der Waals surface area contributed by atoms with Gasteiger partial charge < -0.3 is 5.11 Å². The molecule has 3 heterocycles. The second-order valence-electron chi connectivity index (χ2n) is 5.69. The van der Waals surface area contributed by atoms with Crippen molar-refractivity contribution in [3.63, 3.8) is 0 Å². The van der Waals surface area contributed by atoms with Crippen LogP contribution in [0.1, 0.15) is 32.5 Å². The van der Waals surface area contributed by atoms with E-state index in [-0.39, 0.29) is 0 Å². The summed E-state index contributed by atoms with van der Waals surface area (Å²) in [5, 5.41) is 9.62. The van der Waals surface area contributed by atoms with E-state index in [4.69, 9.17) is 0 Å². The van der Waals surface area contributed by atoms with Gasteiger partial charge in [-0.25, -0.2) is 4.98 Å². The molecule has 1 fully saturated rings. The quantitative estimate of drug-likeness (QED) is 0.920. The van der Waals surface area contributed by atoms with E-state index in [9.17, 15) is 5.11 Å². The van der Waals surface area contributed by atoms with E-state index < -0.39 is 0 Å². The van der Waals surface area contributed by atoms with Crippen LogP contribution < -0.4 is 0 Å². The highest BCUT2D eigenvalue weighted by Crippen LogP contribution is 2.24. The van der Waals surface area contributed by atoms with Crippen molar-refractivity contribution >= 4 is 5.52 Å². The maximum Gasteiger partial charge on any atom is 0.132 e. The third kappa shape index (κ3) is 2.32. The highest BCUT2D eigenvalue weighted by atomic mass is 16.3. The van der Waals surface area contributed by atoms with Gasteiger partial charge in [-0.1, -0.05) is 0 Å². The lowest BCUT2D eigenvalue weighted by Crippen LogP contribution is -2.37. The van der Waals surface area contributed by atoms with Crippen LogP contribution >= 0.6 is 0 Å². The minimum atomic E-state index is 0.291. The van der Waals surface area contributed by atoms with Crippen LogP contribution in [0.4, 0.5) is 0 Å². The van der Waals surface area contributed by atoms with Crippen LogP contribution in [-0.4, -0.2) is 38.0 Å². The fourth-order valence-corrected chi connectivity index (χ4v) is 3.15. The number of likely N-dealkylation sites (tertiary alicyclic amines) is 1. The maximum atomic E-state index is 9.62. The molecule has 0 aromatic carbocycles. The number of fused-ring (bicyclic) bond motifs is 1. The van der Waals surface area contributed by atoms with Crippen LogP contribution in [0.15, 0.2) is 24.5 Å². The Morgan fingerprint density at radius 3 is 3.05 bits per heavy atom. The van der Waals surface area contributed by atoms with E-state index in [2.05, 4.69) is 23.7 Å². The number of imidazole rings is 1. The molecular formula is C15H21N3O. The number of rotatable bonds is 3. The molecule has 19 heavy (non-hydrogen) atoms. The summed E-state index contributed by atoms with van der Waals surface area (Å²) in [6.45, 7) is 5.71. The maximum absolute atomic E-state index is 9.62. The van der Waals surface area contributed by atoms with E-state index in [0.717, 1.165) is 17.8 Å². The van der Waals surface area contributed by atoms with Gasteiger partial charge in [-0.05, 0) is 45.4 Å². The predicted molar refractivity (Wildman–Crippen MR) is 75.4 cm³/mol. The fraction of sp³-hybridized carbons (Fsp3) is 0.533. The highest BCUT2D eigenvalue weighted by Gasteiger charge is 2.27. The van der Waals surface area contributed by atoms with Crippen LogP contribution in [0.2, 0.25) is 0 Å². The van der Waals surface area contributed by atoms with Gasteiger partial charge in [-0.15, -0.1) is 0 Å². The molecule has 0 saturated carbocycles. The Kier molecular flexibility index (Phi) is 3.19. The van der Waals surface area contributed by atoms with Gasteiger partial charge in [0.05, 0.1) is 17.9 Å². The molecule has 4 heteroatoms. The summed E-state index contributed by atoms with van der Waals surface area (Å²) in [5.41, 5.74) is 1.04. The number of pyridine rings is 1. The van der Waals surface area contributed by atoms with Gasteiger partial charge in [0.2, 0.25) is 0 Å². The molecule has 2 aromatic heterocycles. The van der Waals surface area contributed by atoms with Crippen molar-refractivity contribution < 1.29 is 5.11 Å². The Morgan fingerprint density at radius 2 is 2.26 bits per heavy atom. The van der Waals surface area contributed by atoms with Crippen LogP contribution in [0.25, 0.3) is 5.52 Å². The van der Waals surface area contributed by atoms with Gasteiger partial charge in [-0.2, -0.15) is 0 Å². The van der Waals surface area contributed by atoms with Crippen LogP contribution in [0.5, 0.6) is 5.75 Å². The molecule has 4 nitrogen and oxygen atoms in total. The zero-order valence-corrected chi connectivity index (χ0v) is 11.6. The van der Waals surface area contributed by atoms with Crippen molar-refractivity contribution in [2.45, 2.75) is 45.2 Å². The zero-order chi connectivity index (χ0) is 13.4. The smallest absolute Gasteiger partial charge is 0.132 e. The standard InChI is InChI=1S/C15H21N3O/c1-11(2)17-7-3-4-12(17)8-15-16-9-13-5-6-14(19)10-18(13)15/h5-6,9-12,19H,3-4,7-8H2,1-2H3. The average molecular weight is 259 g/mol. The van der Waals surface area contributed by atoms with Crippen LogP contribution in [0, 0.1) is 0 Å². The predicted octanol–water partition coefficient (Wildman–Crippen LogP) is 2.46. The van der Waals surface area contributed by atoms with Gasteiger partial charge in [-0.3, -0.25) is 9.30 Å². The summed E-state index contributed by atoms with van der Waals surface area (Å²) >= 11 is 0. The van der Waals surface area contributed by atoms with Gasteiger partial charge >= 0.3 is 0 Å². The lowest BCUT2D eigenvalue weighted by molar-refractivity contribution is 0.201. The molecule has 102 valence electrons. The van der Waals surface area contributed by atoms with E-state index in [1.165, 1.54) is 19.4 Å². The molecule has 1 unspecified atom stereocenters. The summed E-state index contributed by atoms with van der Waals surface area (Å²) in [5.74, 6) is 1.34. The first kappa shape index (κ1) is 12.5. The number of aromatic hydroxyl groups is 1. The molecule has 2 aromatic rings. The SMILES string of the molecule is CC(C)N1CCCC1Cc1ncc2ccc(O)cn12. The molecule has 3 rings (SSSR count). The molecule has 0 bridgehead atoms. The minimum absolute atomic E-state index is 0.291. The summed E-state index contributed by atoms with van der Waals surface area (Å²) in [6, 6.07) is 4.78. The number of aromatic nitrogens is 2. The molecule has 1 aliphatic heterocycles. The van der Waals surface area contributed by atoms with E-state index in [1.807, 2.05) is 16.7 Å². The van der Waals surface area contributed by atoms with Crippen molar-refractivity contribution in [1.82, 2.24) is 14.3 Å². The monoisotopic (exact) mass is 259 g/mol. The van der Waals surface area contributed by atoms with Gasteiger partial charge in [0, 0.05) is 18.5 Å². The summed E-state index contributed by atoms with van der Waals surface area (Å²) in [4.78, 5) is 7.08. The molecule has 0 amide bonds. The number of hydrogen-bond donors (Lipinski definition) is 1. The van der Waals surface area contributed by atoms with Crippen molar-refractivity contribution in [3.8, 4) is 5.75 Å². The second-order valence-corrected chi connectivity index (χ2v) is 5.69. The lowest BCUT2D eigenvalue weighted by Gasteiger charge is -2.27. The molecule has 1 saturated heterocycles. The highest BCUT2D eigenvalue weighted by molar-refractivity contribution is 5.48. The Labute approximate surface area is 113 Å². The van der Waals surface area contributed by atoms with E-state index in [0.29, 0.717) is 17.8 Å². The van der Waals surface area contributed by atoms with E-state index in [1.54, 1.807) is 12.3 Å². The lowest BCUT2D eigenvalue weighted by atomic mass is 10.1. The van der Waals surface area contributed by atoms with Gasteiger partial charge in [0.15, 0.2) is 0 Å².